The van der Waals surface area contributed by atoms with E-state index in [1.165, 1.54) is 5.57 Å². The smallest absolute Gasteiger partial charge is 0.246 e. The molecule has 5 atom stereocenters. The highest BCUT2D eigenvalue weighted by molar-refractivity contribution is 5.97. The molecule has 1 amide bonds. The van der Waals surface area contributed by atoms with E-state index in [9.17, 15) is 9.59 Å². The molecule has 0 aromatic heterocycles. The van der Waals surface area contributed by atoms with Crippen molar-refractivity contribution in [3.63, 3.8) is 0 Å². The van der Waals surface area contributed by atoms with Gasteiger partial charge in [-0.2, -0.15) is 0 Å². The monoisotopic (exact) mass is 313 g/mol. The van der Waals surface area contributed by atoms with Crippen molar-refractivity contribution in [1.29, 1.82) is 0 Å². The number of hydrogen-bond donors (Lipinski definition) is 0. The Kier molecular flexibility index (Phi) is 3.17. The number of ketones is 1. The molecule has 5 unspecified atom stereocenters. The zero-order valence-corrected chi connectivity index (χ0v) is 14.5. The average Bonchev–Trinajstić information content (AvgIpc) is 2.77. The lowest BCUT2D eigenvalue weighted by Gasteiger charge is -2.55. The van der Waals surface area contributed by atoms with Crippen LogP contribution in [0.4, 0.5) is 0 Å². The molecule has 0 aromatic rings. The van der Waals surface area contributed by atoms with Crippen molar-refractivity contribution in [3.05, 3.63) is 23.8 Å². The minimum absolute atomic E-state index is 0.129. The molecule has 4 rings (SSSR count). The Labute approximate surface area is 138 Å². The van der Waals surface area contributed by atoms with Gasteiger partial charge in [0.1, 0.15) is 0 Å². The Morgan fingerprint density at radius 2 is 1.91 bits per heavy atom. The molecule has 0 bridgehead atoms. The van der Waals surface area contributed by atoms with E-state index in [1.807, 2.05) is 24.1 Å². The molecule has 3 nitrogen and oxygen atoms in total. The van der Waals surface area contributed by atoms with Gasteiger partial charge < -0.3 is 4.90 Å². The van der Waals surface area contributed by atoms with Gasteiger partial charge in [0.05, 0.1) is 0 Å². The van der Waals surface area contributed by atoms with Crippen molar-refractivity contribution in [3.8, 4) is 0 Å². The molecule has 1 heterocycles. The number of fused-ring (bicyclic) bond motifs is 5. The number of likely N-dealkylation sites (N-methyl/N-ethyl adjacent to an activating group) is 1. The van der Waals surface area contributed by atoms with Crippen LogP contribution >= 0.6 is 0 Å². The van der Waals surface area contributed by atoms with Crippen molar-refractivity contribution in [2.24, 2.45) is 28.6 Å². The maximum Gasteiger partial charge on any atom is 0.246 e. The van der Waals surface area contributed by atoms with Gasteiger partial charge in [-0.05, 0) is 61.3 Å². The number of amides is 1. The van der Waals surface area contributed by atoms with Crippen molar-refractivity contribution in [2.75, 3.05) is 13.6 Å². The maximum absolute atomic E-state index is 12.4. The third kappa shape index (κ3) is 1.95. The van der Waals surface area contributed by atoms with Crippen LogP contribution in [0.1, 0.15) is 46.0 Å². The van der Waals surface area contributed by atoms with Gasteiger partial charge in [0.15, 0.2) is 5.78 Å². The fraction of sp³-hybridized carbons (Fsp3) is 0.700. The van der Waals surface area contributed by atoms with Crippen molar-refractivity contribution in [1.82, 2.24) is 4.90 Å². The van der Waals surface area contributed by atoms with Gasteiger partial charge in [-0.1, -0.05) is 25.5 Å². The molecule has 2 fully saturated rings. The largest absolute Gasteiger partial charge is 0.342 e. The van der Waals surface area contributed by atoms with Gasteiger partial charge >= 0.3 is 0 Å². The quantitative estimate of drug-likeness (QED) is 0.687. The molecule has 0 spiro atoms. The average molecular weight is 313 g/mol. The first-order chi connectivity index (χ1) is 10.9. The Hall–Kier alpha value is -1.38. The summed E-state index contributed by atoms with van der Waals surface area (Å²) < 4.78 is 0. The Morgan fingerprint density at radius 1 is 1.13 bits per heavy atom. The number of carbonyl (C=O) groups is 2. The van der Waals surface area contributed by atoms with E-state index in [4.69, 9.17) is 0 Å². The predicted molar refractivity (Wildman–Crippen MR) is 89.6 cm³/mol. The summed E-state index contributed by atoms with van der Waals surface area (Å²) in [6, 6.07) is 0. The van der Waals surface area contributed by atoms with Crippen LogP contribution in [0, 0.1) is 28.6 Å². The van der Waals surface area contributed by atoms with Crippen molar-refractivity contribution < 1.29 is 9.59 Å². The van der Waals surface area contributed by atoms with Crippen LogP contribution in [-0.4, -0.2) is 30.2 Å². The summed E-state index contributed by atoms with van der Waals surface area (Å²) in [7, 11) is 1.91. The minimum Gasteiger partial charge on any atom is -0.342 e. The van der Waals surface area contributed by atoms with Gasteiger partial charge in [0, 0.05) is 25.1 Å². The predicted octanol–water partition coefficient (Wildman–Crippen LogP) is 3.36. The topological polar surface area (TPSA) is 37.4 Å². The lowest BCUT2D eigenvalue weighted by atomic mass is 9.48. The fourth-order valence-electron chi connectivity index (χ4n) is 5.95. The molecule has 0 aromatic carbocycles. The van der Waals surface area contributed by atoms with Crippen LogP contribution < -0.4 is 0 Å². The molecule has 124 valence electrons. The first-order valence-electron chi connectivity index (χ1n) is 9.05. The number of rotatable bonds is 0. The molecular weight excluding hydrogens is 286 g/mol. The van der Waals surface area contributed by atoms with E-state index in [-0.39, 0.29) is 16.7 Å². The first-order valence-corrected chi connectivity index (χ1v) is 9.05. The van der Waals surface area contributed by atoms with E-state index < -0.39 is 0 Å². The molecule has 4 aliphatic rings. The Bertz CT molecular complexity index is 634. The Balaban J connectivity index is 1.71. The van der Waals surface area contributed by atoms with Crippen LogP contribution in [0.2, 0.25) is 0 Å². The number of hydrogen-bond acceptors (Lipinski definition) is 2. The summed E-state index contributed by atoms with van der Waals surface area (Å²) >= 11 is 0. The molecule has 3 aliphatic carbocycles. The standard InChI is InChI=1S/C20H27NO2/c1-19-10-11-21(3)18(23)12-13(19)4-5-14-15-6-7-17(22)20(15,2)9-8-16(14)19/h6-7,12,14-16H,4-5,8-11H2,1-3H3. The highest BCUT2D eigenvalue weighted by atomic mass is 16.2. The van der Waals surface area contributed by atoms with Gasteiger partial charge in [0.25, 0.3) is 0 Å². The molecule has 23 heavy (non-hydrogen) atoms. The third-order valence-corrected chi connectivity index (χ3v) is 7.65. The molecular formula is C20H27NO2. The zero-order valence-electron chi connectivity index (χ0n) is 14.5. The molecule has 0 N–H and O–H groups in total. The van der Waals surface area contributed by atoms with Gasteiger partial charge in [-0.3, -0.25) is 9.59 Å². The summed E-state index contributed by atoms with van der Waals surface area (Å²) in [6.07, 6.45) is 11.3. The Morgan fingerprint density at radius 3 is 2.70 bits per heavy atom. The lowest BCUT2D eigenvalue weighted by molar-refractivity contribution is -0.130. The highest BCUT2D eigenvalue weighted by Gasteiger charge is 2.57. The van der Waals surface area contributed by atoms with Crippen LogP contribution in [0.3, 0.4) is 0 Å². The van der Waals surface area contributed by atoms with Gasteiger partial charge in [-0.25, -0.2) is 0 Å². The maximum atomic E-state index is 12.4. The second-order valence-corrected chi connectivity index (χ2v) is 8.61. The van der Waals surface area contributed by atoms with E-state index in [0.717, 1.165) is 38.6 Å². The highest BCUT2D eigenvalue weighted by Crippen LogP contribution is 2.62. The summed E-state index contributed by atoms with van der Waals surface area (Å²) in [4.78, 5) is 26.5. The van der Waals surface area contributed by atoms with Crippen molar-refractivity contribution >= 4 is 11.7 Å². The van der Waals surface area contributed by atoms with Crippen LogP contribution in [0.15, 0.2) is 23.8 Å². The van der Waals surface area contributed by atoms with Crippen LogP contribution in [0.5, 0.6) is 0 Å². The fourth-order valence-corrected chi connectivity index (χ4v) is 5.95. The van der Waals surface area contributed by atoms with Crippen LogP contribution in [0.25, 0.3) is 0 Å². The zero-order chi connectivity index (χ0) is 16.4. The SMILES string of the molecule is CN1CCC2(C)C(=CC1=O)CCC1C3C=CC(=O)C3(C)CCC12. The summed E-state index contributed by atoms with van der Waals surface area (Å²) in [5, 5.41) is 0. The lowest BCUT2D eigenvalue weighted by Crippen LogP contribution is -2.50. The number of allylic oxidation sites excluding steroid dienone is 3. The normalized spacial score (nSPS) is 46.0. The van der Waals surface area contributed by atoms with E-state index in [0.29, 0.717) is 23.5 Å². The minimum atomic E-state index is -0.157. The van der Waals surface area contributed by atoms with Crippen molar-refractivity contribution in [2.45, 2.75) is 46.0 Å². The van der Waals surface area contributed by atoms with Gasteiger partial charge in [0.2, 0.25) is 5.91 Å². The number of nitrogens with zero attached hydrogens (tertiary/aromatic N) is 1. The number of carbonyl (C=O) groups excluding carboxylic acids is 2. The second kappa shape index (κ2) is 4.81. The molecule has 2 saturated carbocycles. The van der Waals surface area contributed by atoms with E-state index >= 15 is 0 Å². The molecule has 0 radical (unpaired) electrons. The van der Waals surface area contributed by atoms with E-state index in [1.54, 1.807) is 0 Å². The van der Waals surface area contributed by atoms with Gasteiger partial charge in [-0.15, -0.1) is 0 Å². The summed E-state index contributed by atoms with van der Waals surface area (Å²) in [5.41, 5.74) is 1.34. The molecule has 3 heteroatoms. The van der Waals surface area contributed by atoms with Crippen LogP contribution in [-0.2, 0) is 9.59 Å². The second-order valence-electron chi connectivity index (χ2n) is 8.61. The third-order valence-electron chi connectivity index (χ3n) is 7.65. The first kappa shape index (κ1) is 15.2. The van der Waals surface area contributed by atoms with E-state index in [2.05, 4.69) is 19.9 Å². The summed E-state index contributed by atoms with van der Waals surface area (Å²) in [6.45, 7) is 5.40. The summed E-state index contributed by atoms with van der Waals surface area (Å²) in [5.74, 6) is 2.11. The molecule has 1 aliphatic heterocycles. The molecule has 0 saturated heterocycles.